The fourth-order valence-corrected chi connectivity index (χ4v) is 3.24. The second-order valence-electron chi connectivity index (χ2n) is 7.60. The van der Waals surface area contributed by atoms with Crippen LogP contribution in [-0.4, -0.2) is 43.0 Å². The number of amides is 2. The topological polar surface area (TPSA) is 70.7 Å². The van der Waals surface area contributed by atoms with E-state index in [9.17, 15) is 9.59 Å². The number of anilines is 2. The molecule has 1 aliphatic heterocycles. The summed E-state index contributed by atoms with van der Waals surface area (Å²) in [5, 5.41) is 5.92. The van der Waals surface area contributed by atoms with Gasteiger partial charge in [0.1, 0.15) is 12.4 Å². The Morgan fingerprint density at radius 2 is 1.60 bits per heavy atom. The maximum atomic E-state index is 12.5. The summed E-state index contributed by atoms with van der Waals surface area (Å²) in [5.74, 6) is 0.655. The minimum Gasteiger partial charge on any atom is -0.489 e. The molecule has 0 aromatic heterocycles. The molecule has 0 aliphatic carbocycles. The van der Waals surface area contributed by atoms with Gasteiger partial charge in [-0.2, -0.15) is 0 Å². The maximum absolute atomic E-state index is 12.5. The van der Waals surface area contributed by atoms with Gasteiger partial charge in [0.2, 0.25) is 5.91 Å². The highest BCUT2D eigenvalue weighted by molar-refractivity contribution is 5.95. The van der Waals surface area contributed by atoms with Crippen LogP contribution in [0.4, 0.5) is 11.4 Å². The molecule has 6 nitrogen and oxygen atoms in total. The lowest BCUT2D eigenvalue weighted by Crippen LogP contribution is -2.35. The molecule has 0 atom stereocenters. The van der Waals surface area contributed by atoms with Gasteiger partial charge in [-0.25, -0.2) is 0 Å². The Labute approximate surface area is 177 Å². The van der Waals surface area contributed by atoms with E-state index < -0.39 is 0 Å². The van der Waals surface area contributed by atoms with E-state index in [1.807, 2.05) is 36.1 Å². The number of hydrogen-bond acceptors (Lipinski definition) is 4. The lowest BCUT2D eigenvalue weighted by molar-refractivity contribution is -0.114. The van der Waals surface area contributed by atoms with Crippen LogP contribution in [0, 0.1) is 0 Å². The van der Waals surface area contributed by atoms with E-state index in [-0.39, 0.29) is 18.4 Å². The quantitative estimate of drug-likeness (QED) is 0.640. The summed E-state index contributed by atoms with van der Waals surface area (Å²) >= 11 is 0. The average Bonchev–Trinajstić information content (AvgIpc) is 2.77. The van der Waals surface area contributed by atoms with Crippen molar-refractivity contribution >= 4 is 23.2 Å². The molecule has 0 radical (unpaired) electrons. The largest absolute Gasteiger partial charge is 0.489 e. The van der Waals surface area contributed by atoms with Crippen molar-refractivity contribution in [2.75, 3.05) is 36.9 Å². The second-order valence-corrected chi connectivity index (χ2v) is 7.60. The van der Waals surface area contributed by atoms with Crippen molar-refractivity contribution < 1.29 is 14.3 Å². The molecule has 2 amide bonds. The summed E-state index contributed by atoms with van der Waals surface area (Å²) < 4.78 is 5.55. The Hall–Kier alpha value is -3.28. The van der Waals surface area contributed by atoms with Crippen LogP contribution >= 0.6 is 0 Å². The standard InChI is InChI=1S/C24H29N3O3/c1-18(2)17-30-22-12-10-21(11-13-22)26-23(28)16-25-20-8-6-19(7-9-20)24(29)27-14-4-3-5-15-27/h6-13,25H,1,3-5,14-17H2,2H3,(H,26,28). The molecule has 1 heterocycles. The second kappa shape index (κ2) is 10.5. The van der Waals surface area contributed by atoms with Gasteiger partial charge in [-0.1, -0.05) is 6.58 Å². The first kappa shape index (κ1) is 21.4. The summed E-state index contributed by atoms with van der Waals surface area (Å²) in [6, 6.07) is 14.5. The molecule has 1 saturated heterocycles. The molecule has 1 aliphatic rings. The monoisotopic (exact) mass is 407 g/mol. The van der Waals surface area contributed by atoms with Crippen LogP contribution in [0.1, 0.15) is 36.5 Å². The maximum Gasteiger partial charge on any atom is 0.253 e. The third-order valence-electron chi connectivity index (χ3n) is 4.85. The SMILES string of the molecule is C=C(C)COc1ccc(NC(=O)CNc2ccc(C(=O)N3CCCCC3)cc2)cc1. The highest BCUT2D eigenvalue weighted by atomic mass is 16.5. The smallest absolute Gasteiger partial charge is 0.253 e. The van der Waals surface area contributed by atoms with Crippen LogP contribution in [0.25, 0.3) is 0 Å². The summed E-state index contributed by atoms with van der Waals surface area (Å²) in [5.41, 5.74) is 3.12. The van der Waals surface area contributed by atoms with Crippen LogP contribution in [0.15, 0.2) is 60.7 Å². The number of ether oxygens (including phenoxy) is 1. The number of piperidine rings is 1. The molecule has 6 heteroatoms. The van der Waals surface area contributed by atoms with Crippen molar-refractivity contribution in [1.82, 2.24) is 4.90 Å². The molecule has 0 spiro atoms. The zero-order valence-corrected chi connectivity index (χ0v) is 17.4. The van der Waals surface area contributed by atoms with E-state index in [1.165, 1.54) is 6.42 Å². The van der Waals surface area contributed by atoms with Gasteiger partial charge < -0.3 is 20.3 Å². The average molecular weight is 408 g/mol. The molecule has 2 aromatic carbocycles. The number of nitrogens with zero attached hydrogens (tertiary/aromatic N) is 1. The normalized spacial score (nSPS) is 13.4. The van der Waals surface area contributed by atoms with E-state index in [4.69, 9.17) is 4.74 Å². The van der Waals surface area contributed by atoms with Crippen molar-refractivity contribution in [1.29, 1.82) is 0 Å². The lowest BCUT2D eigenvalue weighted by atomic mass is 10.1. The van der Waals surface area contributed by atoms with Crippen LogP contribution in [0.5, 0.6) is 5.75 Å². The summed E-state index contributed by atoms with van der Waals surface area (Å²) in [6.45, 7) is 7.97. The van der Waals surface area contributed by atoms with E-state index >= 15 is 0 Å². The number of rotatable bonds is 8. The van der Waals surface area contributed by atoms with Crippen LogP contribution in [0.2, 0.25) is 0 Å². The first-order chi connectivity index (χ1) is 14.5. The van der Waals surface area contributed by atoms with Crippen LogP contribution < -0.4 is 15.4 Å². The number of hydrogen-bond donors (Lipinski definition) is 2. The highest BCUT2D eigenvalue weighted by Gasteiger charge is 2.17. The fourth-order valence-electron chi connectivity index (χ4n) is 3.24. The summed E-state index contributed by atoms with van der Waals surface area (Å²) in [7, 11) is 0. The molecule has 0 saturated carbocycles. The molecule has 3 rings (SSSR count). The molecule has 0 unspecified atom stereocenters. The van der Waals surface area contributed by atoms with Crippen molar-refractivity contribution in [3.8, 4) is 5.75 Å². The van der Waals surface area contributed by atoms with Gasteiger partial charge in [0.05, 0.1) is 6.54 Å². The number of nitrogens with one attached hydrogen (secondary N) is 2. The van der Waals surface area contributed by atoms with Crippen molar-refractivity contribution in [2.45, 2.75) is 26.2 Å². The zero-order valence-electron chi connectivity index (χ0n) is 17.4. The van der Waals surface area contributed by atoms with Crippen LogP contribution in [0.3, 0.4) is 0 Å². The highest BCUT2D eigenvalue weighted by Crippen LogP contribution is 2.17. The van der Waals surface area contributed by atoms with Gasteiger partial charge >= 0.3 is 0 Å². The molecule has 0 bridgehead atoms. The number of benzene rings is 2. The Morgan fingerprint density at radius 3 is 2.23 bits per heavy atom. The number of carbonyl (C=O) groups is 2. The molecule has 158 valence electrons. The molecule has 2 aromatic rings. The van der Waals surface area contributed by atoms with E-state index in [0.29, 0.717) is 17.9 Å². The van der Waals surface area contributed by atoms with Gasteiger partial charge in [0.15, 0.2) is 0 Å². The van der Waals surface area contributed by atoms with Gasteiger partial charge in [-0.3, -0.25) is 9.59 Å². The Morgan fingerprint density at radius 1 is 0.967 bits per heavy atom. The first-order valence-corrected chi connectivity index (χ1v) is 10.3. The Kier molecular flexibility index (Phi) is 7.49. The Bertz CT molecular complexity index is 870. The van der Waals surface area contributed by atoms with Gasteiger partial charge in [0.25, 0.3) is 5.91 Å². The molecule has 2 N–H and O–H groups in total. The van der Waals surface area contributed by atoms with Crippen molar-refractivity contribution in [3.63, 3.8) is 0 Å². The fraction of sp³-hybridized carbons (Fsp3) is 0.333. The molecular weight excluding hydrogens is 378 g/mol. The van der Waals surface area contributed by atoms with Crippen molar-refractivity contribution in [2.24, 2.45) is 0 Å². The van der Waals surface area contributed by atoms with Crippen LogP contribution in [-0.2, 0) is 4.79 Å². The minimum atomic E-state index is -0.154. The predicted molar refractivity (Wildman–Crippen MR) is 120 cm³/mol. The zero-order chi connectivity index (χ0) is 21.3. The van der Waals surface area contributed by atoms with Crippen molar-refractivity contribution in [3.05, 3.63) is 66.2 Å². The van der Waals surface area contributed by atoms with E-state index in [1.54, 1.807) is 24.3 Å². The Balaban J connectivity index is 1.45. The van der Waals surface area contributed by atoms with Gasteiger partial charge in [-0.15, -0.1) is 0 Å². The van der Waals surface area contributed by atoms with E-state index in [0.717, 1.165) is 42.9 Å². The van der Waals surface area contributed by atoms with Gasteiger partial charge in [0, 0.05) is 30.0 Å². The number of carbonyl (C=O) groups excluding carboxylic acids is 2. The summed E-state index contributed by atoms with van der Waals surface area (Å²) in [6.07, 6.45) is 3.34. The third-order valence-corrected chi connectivity index (χ3v) is 4.85. The van der Waals surface area contributed by atoms with E-state index in [2.05, 4.69) is 17.2 Å². The first-order valence-electron chi connectivity index (χ1n) is 10.3. The number of likely N-dealkylation sites (tertiary alicyclic amines) is 1. The molecule has 1 fully saturated rings. The third kappa shape index (κ3) is 6.37. The van der Waals surface area contributed by atoms with Gasteiger partial charge in [-0.05, 0) is 80.3 Å². The lowest BCUT2D eigenvalue weighted by Gasteiger charge is -2.26. The molecular formula is C24H29N3O3. The predicted octanol–water partition coefficient (Wildman–Crippen LogP) is 4.32. The minimum absolute atomic E-state index is 0.0784. The molecule has 30 heavy (non-hydrogen) atoms. The summed E-state index contributed by atoms with van der Waals surface area (Å²) in [4.78, 5) is 26.6.